The lowest BCUT2D eigenvalue weighted by Gasteiger charge is -2.09. The maximum absolute atomic E-state index is 12.0. The van der Waals surface area contributed by atoms with Gasteiger partial charge in [0.25, 0.3) is 0 Å². The van der Waals surface area contributed by atoms with Gasteiger partial charge in [0.2, 0.25) is 5.91 Å². The first kappa shape index (κ1) is 19.1. The van der Waals surface area contributed by atoms with Crippen molar-refractivity contribution in [3.05, 3.63) is 58.6 Å². The highest BCUT2D eigenvalue weighted by Crippen LogP contribution is 2.26. The summed E-state index contributed by atoms with van der Waals surface area (Å²) in [6, 6.07) is 12.7. The Morgan fingerprint density at radius 3 is 2.56 bits per heavy atom. The molecule has 0 heterocycles. The highest BCUT2D eigenvalue weighted by atomic mass is 35.5. The first-order chi connectivity index (χ1) is 12.1. The summed E-state index contributed by atoms with van der Waals surface area (Å²) in [4.78, 5) is 12.0. The lowest BCUT2D eigenvalue weighted by molar-refractivity contribution is -0.120. The number of aryl methyl sites for hydroxylation is 1. The Hall–Kier alpha value is -2.24. The van der Waals surface area contributed by atoms with Gasteiger partial charge in [0, 0.05) is 18.1 Å². The SMILES string of the molecule is NCCOc1ccc(CC(=O)NCCCc2ccc(Cl)cc2)cc1O. The standard InChI is InChI=1S/C19H23ClN2O3/c20-16-6-3-14(4-7-16)2-1-10-22-19(24)13-15-5-8-18(17(23)12-15)25-11-9-21/h3-8,12,23H,1-2,9-11,13,21H2,(H,22,24). The molecule has 0 unspecified atom stereocenters. The Kier molecular flexibility index (Phi) is 7.57. The third-order valence-electron chi connectivity index (χ3n) is 3.64. The van der Waals surface area contributed by atoms with Crippen molar-refractivity contribution in [1.29, 1.82) is 0 Å². The minimum atomic E-state index is -0.0777. The van der Waals surface area contributed by atoms with E-state index in [0.717, 1.165) is 23.4 Å². The number of ether oxygens (including phenoxy) is 1. The zero-order chi connectivity index (χ0) is 18.1. The molecule has 0 atom stereocenters. The van der Waals surface area contributed by atoms with E-state index in [9.17, 15) is 9.90 Å². The van der Waals surface area contributed by atoms with Crippen LogP contribution in [0.2, 0.25) is 5.02 Å². The number of nitrogens with one attached hydrogen (secondary N) is 1. The molecular formula is C19H23ClN2O3. The van der Waals surface area contributed by atoms with Crippen LogP contribution in [-0.4, -0.2) is 30.7 Å². The summed E-state index contributed by atoms with van der Waals surface area (Å²) in [6.45, 7) is 1.31. The van der Waals surface area contributed by atoms with Crippen molar-refractivity contribution in [1.82, 2.24) is 5.32 Å². The molecule has 0 spiro atoms. The van der Waals surface area contributed by atoms with Crippen LogP contribution in [0.15, 0.2) is 42.5 Å². The molecule has 1 amide bonds. The fourth-order valence-corrected chi connectivity index (χ4v) is 2.51. The second-order valence-electron chi connectivity index (χ2n) is 5.70. The molecule has 0 bridgehead atoms. The van der Waals surface area contributed by atoms with E-state index in [0.29, 0.717) is 25.4 Å². The molecule has 0 radical (unpaired) electrons. The Balaban J connectivity index is 1.72. The zero-order valence-corrected chi connectivity index (χ0v) is 14.8. The van der Waals surface area contributed by atoms with Crippen molar-refractivity contribution in [2.24, 2.45) is 5.73 Å². The van der Waals surface area contributed by atoms with Gasteiger partial charge in [-0.05, 0) is 48.2 Å². The molecule has 0 aliphatic rings. The Morgan fingerprint density at radius 2 is 1.88 bits per heavy atom. The number of carbonyl (C=O) groups is 1. The van der Waals surface area contributed by atoms with Crippen molar-refractivity contribution in [3.8, 4) is 11.5 Å². The first-order valence-corrected chi connectivity index (χ1v) is 8.62. The van der Waals surface area contributed by atoms with E-state index in [-0.39, 0.29) is 18.1 Å². The van der Waals surface area contributed by atoms with Gasteiger partial charge < -0.3 is 20.9 Å². The molecule has 25 heavy (non-hydrogen) atoms. The number of halogens is 1. The summed E-state index contributed by atoms with van der Waals surface area (Å²) in [5.41, 5.74) is 7.28. The summed E-state index contributed by atoms with van der Waals surface area (Å²) in [5, 5.41) is 13.5. The van der Waals surface area contributed by atoms with E-state index in [1.807, 2.05) is 24.3 Å². The molecule has 0 fully saturated rings. The highest BCUT2D eigenvalue weighted by molar-refractivity contribution is 6.30. The molecule has 4 N–H and O–H groups in total. The molecule has 2 aromatic rings. The number of aromatic hydroxyl groups is 1. The Labute approximate surface area is 152 Å². The van der Waals surface area contributed by atoms with Crippen LogP contribution >= 0.6 is 11.6 Å². The van der Waals surface area contributed by atoms with Crippen LogP contribution in [0.5, 0.6) is 11.5 Å². The second-order valence-corrected chi connectivity index (χ2v) is 6.13. The van der Waals surface area contributed by atoms with Crippen LogP contribution in [0.25, 0.3) is 0 Å². The number of phenolic OH excluding ortho intramolecular Hbond substituents is 1. The minimum Gasteiger partial charge on any atom is -0.504 e. The molecular weight excluding hydrogens is 340 g/mol. The van der Waals surface area contributed by atoms with Crippen LogP contribution in [0.4, 0.5) is 0 Å². The number of nitrogens with two attached hydrogens (primary N) is 1. The van der Waals surface area contributed by atoms with Gasteiger partial charge in [-0.25, -0.2) is 0 Å². The van der Waals surface area contributed by atoms with Crippen LogP contribution < -0.4 is 15.8 Å². The molecule has 0 aromatic heterocycles. The largest absolute Gasteiger partial charge is 0.504 e. The van der Waals surface area contributed by atoms with E-state index >= 15 is 0 Å². The predicted molar refractivity (Wildman–Crippen MR) is 99.1 cm³/mol. The molecule has 0 saturated heterocycles. The van der Waals surface area contributed by atoms with Gasteiger partial charge in [-0.2, -0.15) is 0 Å². The van der Waals surface area contributed by atoms with Gasteiger partial charge in [0.1, 0.15) is 6.61 Å². The number of hydrogen-bond donors (Lipinski definition) is 3. The van der Waals surface area contributed by atoms with E-state index in [1.54, 1.807) is 18.2 Å². The van der Waals surface area contributed by atoms with Gasteiger partial charge in [0.05, 0.1) is 6.42 Å². The lowest BCUT2D eigenvalue weighted by atomic mass is 10.1. The molecule has 5 nitrogen and oxygen atoms in total. The normalized spacial score (nSPS) is 10.5. The third kappa shape index (κ3) is 6.64. The van der Waals surface area contributed by atoms with Crippen molar-refractivity contribution in [2.75, 3.05) is 19.7 Å². The fraction of sp³-hybridized carbons (Fsp3) is 0.316. The quantitative estimate of drug-likeness (QED) is 0.599. The maximum Gasteiger partial charge on any atom is 0.224 e. The molecule has 6 heteroatoms. The molecule has 134 valence electrons. The van der Waals surface area contributed by atoms with E-state index in [4.69, 9.17) is 22.1 Å². The minimum absolute atomic E-state index is 0.0153. The molecule has 2 aromatic carbocycles. The van der Waals surface area contributed by atoms with Crippen LogP contribution in [-0.2, 0) is 17.6 Å². The van der Waals surface area contributed by atoms with Gasteiger partial charge in [0.15, 0.2) is 11.5 Å². The average molecular weight is 363 g/mol. The number of amides is 1. The Bertz CT molecular complexity index is 690. The fourth-order valence-electron chi connectivity index (χ4n) is 2.38. The van der Waals surface area contributed by atoms with Crippen LogP contribution in [0.1, 0.15) is 17.5 Å². The second kappa shape index (κ2) is 9.91. The molecule has 0 aliphatic heterocycles. The predicted octanol–water partition coefficient (Wildman–Crippen LogP) is 2.67. The van der Waals surface area contributed by atoms with E-state index in [1.165, 1.54) is 5.56 Å². The maximum atomic E-state index is 12.0. The van der Waals surface area contributed by atoms with Crippen molar-refractivity contribution >= 4 is 17.5 Å². The summed E-state index contributed by atoms with van der Waals surface area (Å²) >= 11 is 5.85. The summed E-state index contributed by atoms with van der Waals surface area (Å²) in [5.74, 6) is 0.310. The monoisotopic (exact) mass is 362 g/mol. The third-order valence-corrected chi connectivity index (χ3v) is 3.89. The number of carbonyl (C=O) groups excluding carboxylic acids is 1. The molecule has 2 rings (SSSR count). The number of rotatable bonds is 9. The van der Waals surface area contributed by atoms with Crippen LogP contribution in [0.3, 0.4) is 0 Å². The molecule has 0 aliphatic carbocycles. The van der Waals surface area contributed by atoms with Gasteiger partial charge in [-0.15, -0.1) is 0 Å². The van der Waals surface area contributed by atoms with Crippen molar-refractivity contribution in [3.63, 3.8) is 0 Å². The molecule has 0 saturated carbocycles. The van der Waals surface area contributed by atoms with Crippen molar-refractivity contribution in [2.45, 2.75) is 19.3 Å². The first-order valence-electron chi connectivity index (χ1n) is 8.24. The Morgan fingerprint density at radius 1 is 1.16 bits per heavy atom. The summed E-state index contributed by atoms with van der Waals surface area (Å²) in [7, 11) is 0. The number of phenols is 1. The number of hydrogen-bond acceptors (Lipinski definition) is 4. The van der Waals surface area contributed by atoms with Crippen molar-refractivity contribution < 1.29 is 14.6 Å². The number of benzene rings is 2. The summed E-state index contributed by atoms with van der Waals surface area (Å²) in [6.07, 6.45) is 1.95. The highest BCUT2D eigenvalue weighted by Gasteiger charge is 2.07. The zero-order valence-electron chi connectivity index (χ0n) is 14.0. The average Bonchev–Trinajstić information content (AvgIpc) is 2.59. The smallest absolute Gasteiger partial charge is 0.224 e. The van der Waals surface area contributed by atoms with E-state index in [2.05, 4.69) is 5.32 Å². The summed E-state index contributed by atoms with van der Waals surface area (Å²) < 4.78 is 5.29. The van der Waals surface area contributed by atoms with Gasteiger partial charge >= 0.3 is 0 Å². The van der Waals surface area contributed by atoms with Crippen LogP contribution in [0, 0.1) is 0 Å². The topological polar surface area (TPSA) is 84.6 Å². The van der Waals surface area contributed by atoms with Gasteiger partial charge in [-0.3, -0.25) is 4.79 Å². The van der Waals surface area contributed by atoms with E-state index < -0.39 is 0 Å². The lowest BCUT2D eigenvalue weighted by Crippen LogP contribution is -2.26. The van der Waals surface area contributed by atoms with Gasteiger partial charge in [-0.1, -0.05) is 29.8 Å².